The Balaban J connectivity index is 1.18. The molecule has 2 fully saturated rings. The van der Waals surface area contributed by atoms with Gasteiger partial charge in [0.15, 0.2) is 6.20 Å². The molecule has 0 bridgehead atoms. The number of pyridine rings is 1. The molecule has 0 radical (unpaired) electrons. The van der Waals surface area contributed by atoms with Gasteiger partial charge in [-0.1, -0.05) is 66.2 Å². The van der Waals surface area contributed by atoms with Gasteiger partial charge in [0.2, 0.25) is 5.69 Å². The number of nitrogens with zero attached hydrogens (tertiary/aromatic N) is 6. The van der Waals surface area contributed by atoms with Gasteiger partial charge in [-0.25, -0.2) is 0 Å². The number of amides is 1. The van der Waals surface area contributed by atoms with E-state index in [4.69, 9.17) is 16.3 Å². The topological polar surface area (TPSA) is 100 Å². The molecule has 0 saturated carbocycles. The summed E-state index contributed by atoms with van der Waals surface area (Å²) in [6.07, 6.45) is 7.12. The summed E-state index contributed by atoms with van der Waals surface area (Å²) in [5, 5.41) is 26.0. The standard InChI is InChI=1S/C36H35ClN6O3/c37-30-12-14-33(42-24-38-39-40-42)32(22-30)29-11-13-34(43(45)23-29)31(20-25-6-2-1-3-7-25)28-9-4-8-27(21-28)26-15-17-41(18-16-26)36(44)35-10-5-19-46-35/h1-4,6-9,11-14,21-24,26,31,35H,5,10,15-20H2. The number of ether oxygens (including phenoxy) is 1. The average Bonchev–Trinajstić information content (AvgIpc) is 3.84. The highest BCUT2D eigenvalue weighted by Gasteiger charge is 2.32. The van der Waals surface area contributed by atoms with Crippen LogP contribution in [-0.2, 0) is 16.0 Å². The first-order valence-electron chi connectivity index (χ1n) is 15.8. The third kappa shape index (κ3) is 6.38. The third-order valence-electron chi connectivity index (χ3n) is 9.25. The fourth-order valence-corrected chi connectivity index (χ4v) is 6.99. The van der Waals surface area contributed by atoms with Crippen molar-refractivity contribution in [3.8, 4) is 16.8 Å². The van der Waals surface area contributed by atoms with Gasteiger partial charge in [-0.05, 0) is 89.4 Å². The fraction of sp³-hybridized carbons (Fsp3) is 0.306. The van der Waals surface area contributed by atoms with Crippen molar-refractivity contribution in [3.05, 3.63) is 130 Å². The van der Waals surface area contributed by atoms with E-state index >= 15 is 0 Å². The van der Waals surface area contributed by atoms with Crippen LogP contribution in [0.15, 0.2) is 97.5 Å². The highest BCUT2D eigenvalue weighted by atomic mass is 35.5. The molecule has 5 aromatic rings. The molecular formula is C36H35ClN6O3. The highest BCUT2D eigenvalue weighted by molar-refractivity contribution is 6.31. The van der Waals surface area contributed by atoms with Crippen LogP contribution in [-0.4, -0.2) is 56.8 Å². The second kappa shape index (κ2) is 13.4. The van der Waals surface area contributed by atoms with Crippen molar-refractivity contribution in [2.45, 2.75) is 50.0 Å². The number of hydrogen-bond donors (Lipinski definition) is 0. The Kier molecular flexibility index (Phi) is 8.76. The van der Waals surface area contributed by atoms with Crippen LogP contribution in [0.2, 0.25) is 5.02 Å². The number of benzene rings is 3. The first-order valence-corrected chi connectivity index (χ1v) is 16.2. The van der Waals surface area contributed by atoms with E-state index in [1.807, 2.05) is 47.4 Å². The molecule has 46 heavy (non-hydrogen) atoms. The molecule has 2 aliphatic rings. The summed E-state index contributed by atoms with van der Waals surface area (Å²) in [4.78, 5) is 14.9. The van der Waals surface area contributed by atoms with Gasteiger partial charge in [-0.15, -0.1) is 5.10 Å². The maximum atomic E-state index is 13.9. The number of carbonyl (C=O) groups is 1. The molecule has 1 amide bonds. The number of rotatable bonds is 8. The molecule has 3 aromatic carbocycles. The Hall–Kier alpha value is -4.60. The Labute approximate surface area is 273 Å². The zero-order valence-corrected chi connectivity index (χ0v) is 26.2. The molecule has 4 heterocycles. The zero-order chi connectivity index (χ0) is 31.5. The summed E-state index contributed by atoms with van der Waals surface area (Å²) in [7, 11) is 0. The first kappa shape index (κ1) is 30.1. The van der Waals surface area contributed by atoms with E-state index in [1.54, 1.807) is 16.9 Å². The smallest absolute Gasteiger partial charge is 0.251 e. The highest BCUT2D eigenvalue weighted by Crippen LogP contribution is 2.35. The number of piperidine rings is 1. The number of halogens is 1. The summed E-state index contributed by atoms with van der Waals surface area (Å²) in [5.74, 6) is 0.313. The van der Waals surface area contributed by atoms with E-state index in [0.29, 0.717) is 35.2 Å². The molecule has 0 spiro atoms. The van der Waals surface area contributed by atoms with Crippen molar-refractivity contribution in [2.75, 3.05) is 19.7 Å². The molecule has 0 aliphatic carbocycles. The number of carbonyl (C=O) groups excluding carboxylic acids is 1. The lowest BCUT2D eigenvalue weighted by Crippen LogP contribution is -2.43. The van der Waals surface area contributed by atoms with Gasteiger partial charge in [0.1, 0.15) is 12.4 Å². The van der Waals surface area contributed by atoms with Gasteiger partial charge in [0, 0.05) is 41.9 Å². The molecule has 2 aliphatic heterocycles. The monoisotopic (exact) mass is 634 g/mol. The Bertz CT molecular complexity index is 1800. The number of aromatic nitrogens is 5. The van der Waals surface area contributed by atoms with E-state index < -0.39 is 0 Å². The van der Waals surface area contributed by atoms with Crippen LogP contribution in [0.4, 0.5) is 0 Å². The third-order valence-corrected chi connectivity index (χ3v) is 9.48. The summed E-state index contributed by atoms with van der Waals surface area (Å²) >= 11 is 6.38. The van der Waals surface area contributed by atoms with Crippen LogP contribution in [0.25, 0.3) is 16.8 Å². The average molecular weight is 635 g/mol. The van der Waals surface area contributed by atoms with E-state index in [9.17, 15) is 10.0 Å². The molecule has 10 heteroatoms. The van der Waals surface area contributed by atoms with E-state index in [-0.39, 0.29) is 17.9 Å². The summed E-state index contributed by atoms with van der Waals surface area (Å²) in [6, 6.07) is 28.2. The number of hydrogen-bond acceptors (Lipinski definition) is 6. The molecule has 9 nitrogen and oxygen atoms in total. The van der Waals surface area contributed by atoms with Crippen LogP contribution >= 0.6 is 11.6 Å². The Morgan fingerprint density at radius 3 is 2.59 bits per heavy atom. The Morgan fingerprint density at radius 2 is 1.85 bits per heavy atom. The summed E-state index contributed by atoms with van der Waals surface area (Å²) < 4.78 is 8.19. The number of tetrazole rings is 1. The van der Waals surface area contributed by atoms with Crippen LogP contribution in [0, 0.1) is 5.21 Å². The van der Waals surface area contributed by atoms with Gasteiger partial charge >= 0.3 is 0 Å². The van der Waals surface area contributed by atoms with Crippen molar-refractivity contribution in [3.63, 3.8) is 0 Å². The molecule has 2 atom stereocenters. The minimum absolute atomic E-state index is 0.138. The molecule has 234 valence electrons. The van der Waals surface area contributed by atoms with E-state index in [1.165, 1.54) is 11.9 Å². The normalized spacial score (nSPS) is 17.7. The lowest BCUT2D eigenvalue weighted by molar-refractivity contribution is -0.614. The fourth-order valence-electron chi connectivity index (χ4n) is 6.81. The van der Waals surface area contributed by atoms with Gasteiger partial charge < -0.3 is 14.8 Å². The second-order valence-electron chi connectivity index (χ2n) is 12.1. The molecular weight excluding hydrogens is 600 g/mol. The van der Waals surface area contributed by atoms with Gasteiger partial charge in [0.25, 0.3) is 5.91 Å². The second-order valence-corrected chi connectivity index (χ2v) is 12.5. The SMILES string of the molecule is O=C(C1CCCO1)N1CCC(c2cccc(C(Cc3ccccc3)c3ccc(-c4cc(Cl)ccc4-n4cnnn4)c[n+]3[O-])c2)CC1. The molecule has 2 unspecified atom stereocenters. The van der Waals surface area contributed by atoms with E-state index in [2.05, 4.69) is 51.9 Å². The van der Waals surface area contributed by atoms with Gasteiger partial charge in [0.05, 0.1) is 11.6 Å². The summed E-state index contributed by atoms with van der Waals surface area (Å²) in [5.41, 5.74) is 6.34. The molecule has 7 rings (SSSR count). The minimum Gasteiger partial charge on any atom is -0.618 e. The van der Waals surface area contributed by atoms with Crippen molar-refractivity contribution in [1.82, 2.24) is 25.1 Å². The van der Waals surface area contributed by atoms with Gasteiger partial charge in [-0.3, -0.25) is 4.79 Å². The zero-order valence-electron chi connectivity index (χ0n) is 25.4. The predicted molar refractivity (Wildman–Crippen MR) is 175 cm³/mol. The molecule has 2 aromatic heterocycles. The van der Waals surface area contributed by atoms with Crippen LogP contribution < -0.4 is 4.73 Å². The number of likely N-dealkylation sites (tertiary alicyclic amines) is 1. The largest absolute Gasteiger partial charge is 0.618 e. The maximum Gasteiger partial charge on any atom is 0.251 e. The van der Waals surface area contributed by atoms with E-state index in [0.717, 1.165) is 65.9 Å². The Morgan fingerprint density at radius 1 is 1.00 bits per heavy atom. The maximum absolute atomic E-state index is 13.9. The summed E-state index contributed by atoms with van der Waals surface area (Å²) in [6.45, 7) is 2.15. The van der Waals surface area contributed by atoms with Crippen molar-refractivity contribution in [2.24, 2.45) is 0 Å². The molecule has 2 saturated heterocycles. The lowest BCUT2D eigenvalue weighted by atomic mass is 9.83. The van der Waals surface area contributed by atoms with Crippen LogP contribution in [0.5, 0.6) is 0 Å². The molecule has 0 N–H and O–H groups in total. The predicted octanol–water partition coefficient (Wildman–Crippen LogP) is 5.88. The van der Waals surface area contributed by atoms with Gasteiger partial charge in [-0.2, -0.15) is 9.41 Å². The quantitative estimate of drug-likeness (QED) is 0.156. The van der Waals surface area contributed by atoms with Crippen LogP contribution in [0.1, 0.15) is 59.9 Å². The van der Waals surface area contributed by atoms with Crippen molar-refractivity contribution >= 4 is 17.5 Å². The van der Waals surface area contributed by atoms with Crippen LogP contribution in [0.3, 0.4) is 0 Å². The lowest BCUT2D eigenvalue weighted by Gasteiger charge is -2.33. The van der Waals surface area contributed by atoms with Crippen molar-refractivity contribution in [1.29, 1.82) is 0 Å². The first-order chi connectivity index (χ1) is 22.5. The van der Waals surface area contributed by atoms with Crippen molar-refractivity contribution < 1.29 is 14.3 Å². The minimum atomic E-state index is -0.270.